The van der Waals surface area contributed by atoms with E-state index in [1.54, 1.807) is 0 Å². The molecule has 0 aromatic heterocycles. The summed E-state index contributed by atoms with van der Waals surface area (Å²) in [5.74, 6) is 0.962. The van der Waals surface area contributed by atoms with Crippen LogP contribution in [0.3, 0.4) is 0 Å². The minimum Gasteiger partial charge on any atom is -0.487 e. The van der Waals surface area contributed by atoms with Crippen molar-refractivity contribution in [1.82, 2.24) is 0 Å². The Labute approximate surface area is 116 Å². The topological polar surface area (TPSA) is 9.23 Å². The number of rotatable bonds is 4. The fraction of sp³-hybridized carbons (Fsp3) is 0.333. The summed E-state index contributed by atoms with van der Waals surface area (Å²) in [6, 6.07) is 16.8. The van der Waals surface area contributed by atoms with Gasteiger partial charge in [0, 0.05) is 5.56 Å². The SMILES string of the molecule is CCC(C)(C)Oc1ccc(C)cc1-c1ccccc1. The van der Waals surface area contributed by atoms with E-state index in [4.69, 9.17) is 4.74 Å². The van der Waals surface area contributed by atoms with Crippen molar-refractivity contribution < 1.29 is 4.74 Å². The van der Waals surface area contributed by atoms with Crippen molar-refractivity contribution in [3.05, 3.63) is 54.1 Å². The Balaban J connectivity index is 2.45. The molecule has 0 saturated heterocycles. The standard InChI is InChI=1S/C18H22O/c1-5-18(3,4)19-17-12-11-14(2)13-16(17)15-9-7-6-8-10-15/h6-13H,5H2,1-4H3. The number of benzene rings is 2. The Bertz CT molecular complexity index is 541. The van der Waals surface area contributed by atoms with E-state index in [0.29, 0.717) is 0 Å². The molecule has 0 heterocycles. The zero-order chi connectivity index (χ0) is 13.9. The van der Waals surface area contributed by atoms with Crippen LogP contribution in [0.15, 0.2) is 48.5 Å². The maximum atomic E-state index is 6.19. The molecule has 0 aliphatic carbocycles. The normalized spacial score (nSPS) is 11.4. The second-order valence-electron chi connectivity index (χ2n) is 5.58. The predicted octanol–water partition coefficient (Wildman–Crippen LogP) is 5.23. The lowest BCUT2D eigenvalue weighted by Crippen LogP contribution is -2.27. The third kappa shape index (κ3) is 3.37. The van der Waals surface area contributed by atoms with Gasteiger partial charge in [-0.05, 0) is 44.9 Å². The second-order valence-corrected chi connectivity index (χ2v) is 5.58. The lowest BCUT2D eigenvalue weighted by atomic mass is 10.0. The van der Waals surface area contributed by atoms with Gasteiger partial charge in [0.25, 0.3) is 0 Å². The summed E-state index contributed by atoms with van der Waals surface area (Å²) in [7, 11) is 0. The van der Waals surface area contributed by atoms with Gasteiger partial charge >= 0.3 is 0 Å². The molecule has 0 unspecified atom stereocenters. The van der Waals surface area contributed by atoms with Crippen LogP contribution in [0.5, 0.6) is 5.75 Å². The zero-order valence-electron chi connectivity index (χ0n) is 12.2. The first-order valence-corrected chi connectivity index (χ1v) is 6.87. The molecule has 0 N–H and O–H groups in total. The monoisotopic (exact) mass is 254 g/mol. The van der Waals surface area contributed by atoms with E-state index in [0.717, 1.165) is 12.2 Å². The van der Waals surface area contributed by atoms with Crippen molar-refractivity contribution in [3.8, 4) is 16.9 Å². The Morgan fingerprint density at radius 2 is 1.68 bits per heavy atom. The largest absolute Gasteiger partial charge is 0.487 e. The molecule has 0 spiro atoms. The Kier molecular flexibility index (Phi) is 3.94. The molecule has 100 valence electrons. The van der Waals surface area contributed by atoms with Gasteiger partial charge in [-0.15, -0.1) is 0 Å². The molecule has 0 fully saturated rings. The van der Waals surface area contributed by atoms with E-state index < -0.39 is 0 Å². The summed E-state index contributed by atoms with van der Waals surface area (Å²) in [4.78, 5) is 0. The van der Waals surface area contributed by atoms with E-state index in [9.17, 15) is 0 Å². The lowest BCUT2D eigenvalue weighted by Gasteiger charge is -2.26. The maximum absolute atomic E-state index is 6.19. The molecular formula is C18H22O. The van der Waals surface area contributed by atoms with Crippen molar-refractivity contribution in [1.29, 1.82) is 0 Å². The average molecular weight is 254 g/mol. The Morgan fingerprint density at radius 1 is 1.00 bits per heavy atom. The molecule has 0 atom stereocenters. The van der Waals surface area contributed by atoms with Gasteiger partial charge in [-0.25, -0.2) is 0 Å². The third-order valence-electron chi connectivity index (χ3n) is 3.46. The molecule has 0 aliphatic rings. The quantitative estimate of drug-likeness (QED) is 0.726. The van der Waals surface area contributed by atoms with Crippen LogP contribution >= 0.6 is 0 Å². The van der Waals surface area contributed by atoms with Crippen LogP contribution in [0.4, 0.5) is 0 Å². The van der Waals surface area contributed by atoms with Gasteiger partial charge in [-0.2, -0.15) is 0 Å². The van der Waals surface area contributed by atoms with Crippen molar-refractivity contribution in [2.75, 3.05) is 0 Å². The van der Waals surface area contributed by atoms with Gasteiger partial charge in [0.2, 0.25) is 0 Å². The molecule has 0 saturated carbocycles. The van der Waals surface area contributed by atoms with Gasteiger partial charge in [-0.1, -0.05) is 48.9 Å². The fourth-order valence-electron chi connectivity index (χ4n) is 1.95. The van der Waals surface area contributed by atoms with E-state index >= 15 is 0 Å². The van der Waals surface area contributed by atoms with Crippen LogP contribution in [0.25, 0.3) is 11.1 Å². The van der Waals surface area contributed by atoms with E-state index in [2.05, 4.69) is 70.2 Å². The van der Waals surface area contributed by atoms with Gasteiger partial charge in [0.15, 0.2) is 0 Å². The van der Waals surface area contributed by atoms with E-state index in [-0.39, 0.29) is 5.60 Å². The first-order chi connectivity index (χ1) is 9.02. The van der Waals surface area contributed by atoms with Crippen LogP contribution in [-0.4, -0.2) is 5.60 Å². The van der Waals surface area contributed by atoms with Crippen molar-refractivity contribution in [3.63, 3.8) is 0 Å². The molecule has 2 rings (SSSR count). The van der Waals surface area contributed by atoms with Crippen LogP contribution in [0.1, 0.15) is 32.8 Å². The Morgan fingerprint density at radius 3 is 2.32 bits per heavy atom. The maximum Gasteiger partial charge on any atom is 0.127 e. The number of hydrogen-bond donors (Lipinski definition) is 0. The van der Waals surface area contributed by atoms with Crippen LogP contribution in [-0.2, 0) is 0 Å². The molecule has 2 aromatic rings. The van der Waals surface area contributed by atoms with Gasteiger partial charge in [0.05, 0.1) is 0 Å². The molecule has 1 heteroatoms. The van der Waals surface area contributed by atoms with Gasteiger partial charge in [0.1, 0.15) is 11.4 Å². The Hall–Kier alpha value is -1.76. The van der Waals surface area contributed by atoms with E-state index in [1.165, 1.54) is 16.7 Å². The molecule has 19 heavy (non-hydrogen) atoms. The summed E-state index contributed by atoms with van der Waals surface area (Å²) >= 11 is 0. The van der Waals surface area contributed by atoms with E-state index in [1.807, 2.05) is 6.07 Å². The third-order valence-corrected chi connectivity index (χ3v) is 3.46. The molecule has 0 amide bonds. The van der Waals surface area contributed by atoms with Crippen LogP contribution in [0.2, 0.25) is 0 Å². The van der Waals surface area contributed by atoms with Crippen molar-refractivity contribution in [2.24, 2.45) is 0 Å². The average Bonchev–Trinajstić information content (AvgIpc) is 2.42. The summed E-state index contributed by atoms with van der Waals surface area (Å²) in [5, 5.41) is 0. The highest BCUT2D eigenvalue weighted by Gasteiger charge is 2.19. The lowest BCUT2D eigenvalue weighted by molar-refractivity contribution is 0.106. The molecule has 2 aromatic carbocycles. The number of ether oxygens (including phenoxy) is 1. The highest BCUT2D eigenvalue weighted by molar-refractivity contribution is 5.71. The molecule has 0 bridgehead atoms. The molecular weight excluding hydrogens is 232 g/mol. The first-order valence-electron chi connectivity index (χ1n) is 6.87. The van der Waals surface area contributed by atoms with Crippen molar-refractivity contribution >= 4 is 0 Å². The first kappa shape index (κ1) is 13.7. The predicted molar refractivity (Wildman–Crippen MR) is 81.6 cm³/mol. The number of hydrogen-bond acceptors (Lipinski definition) is 1. The molecule has 0 aliphatic heterocycles. The van der Waals surface area contributed by atoms with Crippen molar-refractivity contribution in [2.45, 2.75) is 39.7 Å². The highest BCUT2D eigenvalue weighted by atomic mass is 16.5. The van der Waals surface area contributed by atoms with Crippen LogP contribution < -0.4 is 4.74 Å². The minimum atomic E-state index is -0.140. The molecule has 1 nitrogen and oxygen atoms in total. The molecule has 0 radical (unpaired) electrons. The second kappa shape index (κ2) is 5.48. The minimum absolute atomic E-state index is 0.140. The summed E-state index contributed by atoms with van der Waals surface area (Å²) < 4.78 is 6.19. The summed E-state index contributed by atoms with van der Waals surface area (Å²) in [6.45, 7) is 8.51. The smallest absolute Gasteiger partial charge is 0.127 e. The van der Waals surface area contributed by atoms with Gasteiger partial charge in [-0.3, -0.25) is 0 Å². The fourth-order valence-corrected chi connectivity index (χ4v) is 1.95. The summed E-state index contributed by atoms with van der Waals surface area (Å²) in [6.07, 6.45) is 0.981. The highest BCUT2D eigenvalue weighted by Crippen LogP contribution is 2.33. The van der Waals surface area contributed by atoms with Gasteiger partial charge < -0.3 is 4.74 Å². The zero-order valence-corrected chi connectivity index (χ0v) is 12.2. The van der Waals surface area contributed by atoms with Crippen LogP contribution in [0, 0.1) is 6.92 Å². The number of aryl methyl sites for hydroxylation is 1. The summed E-state index contributed by atoms with van der Waals surface area (Å²) in [5.41, 5.74) is 3.48.